The Morgan fingerprint density at radius 2 is 1.56 bits per heavy atom. The largest absolute Gasteiger partial charge is 0.445 e. The van der Waals surface area contributed by atoms with Crippen LogP contribution >= 0.6 is 0 Å². The van der Waals surface area contributed by atoms with Gasteiger partial charge in [-0.1, -0.05) is 0 Å². The van der Waals surface area contributed by atoms with Crippen molar-refractivity contribution in [2.45, 2.75) is 45.0 Å². The molecule has 1 amide bonds. The third kappa shape index (κ3) is 6.49. The van der Waals surface area contributed by atoms with Crippen LogP contribution in [-0.2, 0) is 43.3 Å². The number of amides is 1. The number of hydrogen-bond acceptors (Lipinski definition) is 5. The molecule has 0 aliphatic carbocycles. The average molecular weight is 519 g/mol. The van der Waals surface area contributed by atoms with Crippen molar-refractivity contribution in [3.8, 4) is 0 Å². The molecule has 1 aromatic heterocycles. The van der Waals surface area contributed by atoms with E-state index >= 15 is 0 Å². The number of fused-ring (bicyclic) bond motifs is 1. The van der Waals surface area contributed by atoms with Crippen molar-refractivity contribution in [1.29, 1.82) is 0 Å². The topological polar surface area (TPSA) is 53.8 Å². The maximum absolute atomic E-state index is 13.1. The summed E-state index contributed by atoms with van der Waals surface area (Å²) in [7, 11) is 2.08. The monoisotopic (exact) mass is 519 g/mol. The Labute approximate surface area is 204 Å². The number of likely N-dealkylation sites (N-methyl/N-ethyl adjacent to an activating group) is 1. The summed E-state index contributed by atoms with van der Waals surface area (Å²) in [5.41, 5.74) is -1.61. The smallest absolute Gasteiger partial charge is 0.416 e. The molecular formula is C23H27F6N5O2. The third-order valence-corrected chi connectivity index (χ3v) is 6.31. The molecule has 1 saturated heterocycles. The van der Waals surface area contributed by atoms with Crippen molar-refractivity contribution < 1.29 is 35.9 Å². The zero-order valence-electron chi connectivity index (χ0n) is 19.7. The van der Waals surface area contributed by atoms with Gasteiger partial charge in [-0.3, -0.25) is 9.58 Å². The quantitative estimate of drug-likeness (QED) is 0.567. The number of piperazine rings is 1. The SMILES string of the molecule is CN1CCN(Cc2cc3n(n2)CCCN(C(=O)OCc2cc(C(F)(F)F)cc(C(F)(F)F)c2)C3)CC1. The lowest BCUT2D eigenvalue weighted by Gasteiger charge is -2.31. The Hall–Kier alpha value is -2.80. The number of halogens is 6. The lowest BCUT2D eigenvalue weighted by Crippen LogP contribution is -2.43. The Balaban J connectivity index is 1.40. The second-order valence-corrected chi connectivity index (χ2v) is 9.17. The van der Waals surface area contributed by atoms with Gasteiger partial charge in [-0.2, -0.15) is 31.4 Å². The van der Waals surface area contributed by atoms with Crippen molar-refractivity contribution in [3.63, 3.8) is 0 Å². The van der Waals surface area contributed by atoms with E-state index in [4.69, 9.17) is 4.74 Å². The highest BCUT2D eigenvalue weighted by Crippen LogP contribution is 2.36. The molecule has 0 bridgehead atoms. The van der Waals surface area contributed by atoms with E-state index in [1.807, 2.05) is 10.7 Å². The van der Waals surface area contributed by atoms with E-state index in [1.165, 1.54) is 4.90 Å². The van der Waals surface area contributed by atoms with Crippen LogP contribution in [0.25, 0.3) is 0 Å². The van der Waals surface area contributed by atoms with Crippen LogP contribution in [0.4, 0.5) is 31.1 Å². The number of hydrogen-bond donors (Lipinski definition) is 0. The number of ether oxygens (including phenoxy) is 1. The summed E-state index contributed by atoms with van der Waals surface area (Å²) in [6.45, 7) is 4.89. The highest BCUT2D eigenvalue weighted by atomic mass is 19.4. The van der Waals surface area contributed by atoms with Gasteiger partial charge in [-0.05, 0) is 43.3 Å². The number of nitrogens with zero attached hydrogens (tertiary/aromatic N) is 5. The Morgan fingerprint density at radius 3 is 2.17 bits per heavy atom. The van der Waals surface area contributed by atoms with Gasteiger partial charge in [0.25, 0.3) is 0 Å². The van der Waals surface area contributed by atoms with Gasteiger partial charge < -0.3 is 14.5 Å². The van der Waals surface area contributed by atoms with E-state index in [2.05, 4.69) is 21.9 Å². The molecule has 4 rings (SSSR count). The van der Waals surface area contributed by atoms with Crippen molar-refractivity contribution >= 4 is 6.09 Å². The predicted octanol–water partition coefficient (Wildman–Crippen LogP) is 4.21. The summed E-state index contributed by atoms with van der Waals surface area (Å²) in [5, 5.41) is 4.65. The minimum Gasteiger partial charge on any atom is -0.445 e. The number of aromatic nitrogens is 2. The number of benzene rings is 1. The lowest BCUT2D eigenvalue weighted by molar-refractivity contribution is -0.143. The summed E-state index contributed by atoms with van der Waals surface area (Å²) < 4.78 is 85.4. The first-order chi connectivity index (χ1) is 16.9. The van der Waals surface area contributed by atoms with Crippen LogP contribution < -0.4 is 0 Å². The number of carbonyl (C=O) groups is 1. The zero-order valence-corrected chi connectivity index (χ0v) is 19.7. The summed E-state index contributed by atoms with van der Waals surface area (Å²) in [5.74, 6) is 0. The van der Waals surface area contributed by atoms with Crippen LogP contribution in [0.1, 0.15) is 34.5 Å². The molecule has 13 heteroatoms. The number of carbonyl (C=O) groups excluding carboxylic acids is 1. The van der Waals surface area contributed by atoms with E-state index in [9.17, 15) is 31.1 Å². The molecule has 36 heavy (non-hydrogen) atoms. The van der Waals surface area contributed by atoms with Crippen molar-refractivity contribution in [2.75, 3.05) is 39.8 Å². The molecule has 198 valence electrons. The molecule has 0 radical (unpaired) electrons. The van der Waals surface area contributed by atoms with Crippen molar-refractivity contribution in [2.24, 2.45) is 0 Å². The Morgan fingerprint density at radius 1 is 0.917 bits per heavy atom. The lowest BCUT2D eigenvalue weighted by atomic mass is 10.1. The highest BCUT2D eigenvalue weighted by molar-refractivity contribution is 5.67. The van der Waals surface area contributed by atoms with Crippen LogP contribution in [-0.4, -0.2) is 70.3 Å². The van der Waals surface area contributed by atoms with E-state index in [-0.39, 0.29) is 18.2 Å². The predicted molar refractivity (Wildman–Crippen MR) is 117 cm³/mol. The fourth-order valence-corrected chi connectivity index (χ4v) is 4.33. The first-order valence-electron chi connectivity index (χ1n) is 11.5. The molecule has 0 atom stereocenters. The fourth-order valence-electron chi connectivity index (χ4n) is 4.33. The molecule has 2 aromatic rings. The van der Waals surface area contributed by atoms with Gasteiger partial charge >= 0.3 is 18.4 Å². The maximum atomic E-state index is 13.1. The molecule has 0 saturated carbocycles. The first-order valence-corrected chi connectivity index (χ1v) is 11.5. The molecule has 2 aliphatic rings. The summed E-state index contributed by atoms with van der Waals surface area (Å²) in [4.78, 5) is 18.6. The van der Waals surface area contributed by atoms with Gasteiger partial charge in [0.05, 0.1) is 29.1 Å². The molecule has 1 fully saturated rings. The average Bonchev–Trinajstić information content (AvgIpc) is 3.06. The van der Waals surface area contributed by atoms with Gasteiger partial charge in [0, 0.05) is 45.8 Å². The van der Waals surface area contributed by atoms with Crippen molar-refractivity contribution in [3.05, 3.63) is 52.3 Å². The molecule has 0 N–H and O–H groups in total. The van der Waals surface area contributed by atoms with Gasteiger partial charge in [0.15, 0.2) is 0 Å². The second-order valence-electron chi connectivity index (χ2n) is 9.17. The summed E-state index contributed by atoms with van der Waals surface area (Å²) in [6, 6.07) is 3.09. The highest BCUT2D eigenvalue weighted by Gasteiger charge is 2.37. The van der Waals surface area contributed by atoms with E-state index in [0.29, 0.717) is 38.2 Å². The zero-order chi connectivity index (χ0) is 26.1. The van der Waals surface area contributed by atoms with Gasteiger partial charge in [0.1, 0.15) is 6.61 Å². The fraction of sp³-hybridized carbons (Fsp3) is 0.565. The number of aryl methyl sites for hydroxylation is 1. The van der Waals surface area contributed by atoms with Crippen LogP contribution in [0.5, 0.6) is 0 Å². The van der Waals surface area contributed by atoms with Gasteiger partial charge in [0.2, 0.25) is 0 Å². The van der Waals surface area contributed by atoms with Crippen LogP contribution in [0, 0.1) is 0 Å². The molecule has 0 unspecified atom stereocenters. The Kier molecular flexibility index (Phi) is 7.51. The Bertz CT molecular complexity index is 1040. The summed E-state index contributed by atoms with van der Waals surface area (Å²) >= 11 is 0. The normalized spacial score (nSPS) is 18.1. The van der Waals surface area contributed by atoms with Crippen molar-refractivity contribution in [1.82, 2.24) is 24.5 Å². The third-order valence-electron chi connectivity index (χ3n) is 6.31. The second kappa shape index (κ2) is 10.3. The van der Waals surface area contributed by atoms with E-state index in [0.717, 1.165) is 37.6 Å². The minimum absolute atomic E-state index is 0.0427. The molecule has 7 nitrogen and oxygen atoms in total. The van der Waals surface area contributed by atoms with Crippen LogP contribution in [0.3, 0.4) is 0 Å². The maximum Gasteiger partial charge on any atom is 0.416 e. The summed E-state index contributed by atoms with van der Waals surface area (Å²) in [6.07, 6.45) is -10.2. The molecule has 0 spiro atoms. The molecule has 2 aliphatic heterocycles. The van der Waals surface area contributed by atoms with E-state index < -0.39 is 36.2 Å². The van der Waals surface area contributed by atoms with Gasteiger partial charge in [-0.25, -0.2) is 4.79 Å². The standard InChI is InChI=1S/C23H27F6N5O2/c1-31-5-7-32(8-6-31)13-19-12-20-14-33(3-2-4-34(20)30-19)21(35)36-15-16-9-17(22(24,25)26)11-18(10-16)23(27,28)29/h9-12H,2-8,13-15H2,1H3. The van der Waals surface area contributed by atoms with E-state index in [1.54, 1.807) is 0 Å². The molecular weight excluding hydrogens is 492 g/mol. The van der Waals surface area contributed by atoms with Gasteiger partial charge in [-0.15, -0.1) is 0 Å². The van der Waals surface area contributed by atoms with Crippen LogP contribution in [0.15, 0.2) is 24.3 Å². The van der Waals surface area contributed by atoms with Crippen LogP contribution in [0.2, 0.25) is 0 Å². The molecule has 1 aromatic carbocycles. The minimum atomic E-state index is -4.97. The number of rotatable bonds is 4. The molecule has 3 heterocycles. The first kappa shape index (κ1) is 26.3. The number of alkyl halides is 6.